The molecule has 106 valence electrons. The molecule has 0 spiro atoms. The fraction of sp³-hybridized carbons (Fsp3) is 0.333. The quantitative estimate of drug-likeness (QED) is 0.648. The van der Waals surface area contributed by atoms with Gasteiger partial charge in [-0.15, -0.1) is 0 Å². The first kappa shape index (κ1) is 14.1. The molecule has 1 aromatic rings. The van der Waals surface area contributed by atoms with Gasteiger partial charge >= 0.3 is 5.97 Å². The Kier molecular flexibility index (Phi) is 4.40. The number of hydrogen-bond donors (Lipinski definition) is 2. The van der Waals surface area contributed by atoms with Gasteiger partial charge in [-0.1, -0.05) is 12.1 Å². The van der Waals surface area contributed by atoms with Gasteiger partial charge in [-0.3, -0.25) is 9.59 Å². The number of piperidine rings is 1. The Morgan fingerprint density at radius 3 is 2.90 bits per heavy atom. The number of nitrogens with zero attached hydrogens (tertiary/aromatic N) is 1. The number of aliphatic carboxylic acids is 1. The second-order valence-electron chi connectivity index (χ2n) is 4.97. The van der Waals surface area contributed by atoms with Gasteiger partial charge in [0.1, 0.15) is 0 Å². The van der Waals surface area contributed by atoms with Gasteiger partial charge in [-0.05, 0) is 36.6 Å². The highest BCUT2D eigenvalue weighted by Gasteiger charge is 2.26. The SMILES string of the molecule is Nc1cccc(/C=C/C(=O)N2CCC[C@@H](C(=O)O)C2)c1. The first-order valence-corrected chi connectivity index (χ1v) is 6.61. The molecule has 0 aromatic heterocycles. The normalized spacial score (nSPS) is 19.2. The molecule has 5 nitrogen and oxygen atoms in total. The molecule has 5 heteroatoms. The van der Waals surface area contributed by atoms with E-state index in [0.717, 1.165) is 12.0 Å². The summed E-state index contributed by atoms with van der Waals surface area (Å²) in [5.74, 6) is -1.44. The summed E-state index contributed by atoms with van der Waals surface area (Å²) in [4.78, 5) is 24.6. The van der Waals surface area contributed by atoms with E-state index in [0.29, 0.717) is 18.7 Å². The fourth-order valence-electron chi connectivity index (χ4n) is 2.31. The maximum atomic E-state index is 12.0. The monoisotopic (exact) mass is 274 g/mol. The number of carbonyl (C=O) groups is 2. The lowest BCUT2D eigenvalue weighted by atomic mass is 9.98. The predicted molar refractivity (Wildman–Crippen MR) is 76.8 cm³/mol. The van der Waals surface area contributed by atoms with Gasteiger partial charge < -0.3 is 15.7 Å². The molecule has 0 bridgehead atoms. The van der Waals surface area contributed by atoms with E-state index in [2.05, 4.69) is 0 Å². The first-order valence-electron chi connectivity index (χ1n) is 6.61. The van der Waals surface area contributed by atoms with Crippen molar-refractivity contribution >= 4 is 23.6 Å². The average Bonchev–Trinajstić information content (AvgIpc) is 2.45. The van der Waals surface area contributed by atoms with Crippen molar-refractivity contribution in [2.24, 2.45) is 5.92 Å². The zero-order valence-electron chi connectivity index (χ0n) is 11.2. The lowest BCUT2D eigenvalue weighted by Gasteiger charge is -2.29. The molecule has 0 radical (unpaired) electrons. The highest BCUT2D eigenvalue weighted by atomic mass is 16.4. The van der Waals surface area contributed by atoms with Crippen molar-refractivity contribution in [3.63, 3.8) is 0 Å². The zero-order valence-corrected chi connectivity index (χ0v) is 11.2. The van der Waals surface area contributed by atoms with Crippen LogP contribution < -0.4 is 5.73 Å². The van der Waals surface area contributed by atoms with Gasteiger partial charge in [0.25, 0.3) is 0 Å². The molecule has 1 amide bonds. The molecule has 0 unspecified atom stereocenters. The minimum Gasteiger partial charge on any atom is -0.481 e. The molecule has 20 heavy (non-hydrogen) atoms. The topological polar surface area (TPSA) is 83.6 Å². The number of nitrogen functional groups attached to an aromatic ring is 1. The summed E-state index contributed by atoms with van der Waals surface area (Å²) in [5, 5.41) is 9.01. The van der Waals surface area contributed by atoms with E-state index in [4.69, 9.17) is 10.8 Å². The van der Waals surface area contributed by atoms with Gasteiger partial charge in [0.2, 0.25) is 5.91 Å². The average molecular weight is 274 g/mol. The third-order valence-electron chi connectivity index (χ3n) is 3.41. The van der Waals surface area contributed by atoms with Gasteiger partial charge in [-0.2, -0.15) is 0 Å². The molecule has 2 rings (SSSR count). The van der Waals surface area contributed by atoms with E-state index in [1.165, 1.54) is 6.08 Å². The molecule has 1 saturated heterocycles. The number of amides is 1. The second-order valence-corrected chi connectivity index (χ2v) is 4.97. The van der Waals surface area contributed by atoms with Gasteiger partial charge in [0.15, 0.2) is 0 Å². The summed E-state index contributed by atoms with van der Waals surface area (Å²) < 4.78 is 0. The number of anilines is 1. The summed E-state index contributed by atoms with van der Waals surface area (Å²) in [6.45, 7) is 0.902. The van der Waals surface area contributed by atoms with Crippen LogP contribution in [0, 0.1) is 5.92 Å². The standard InChI is InChI=1S/C15H18N2O3/c16-13-5-1-3-11(9-13)6-7-14(18)17-8-2-4-12(10-17)15(19)20/h1,3,5-7,9,12H,2,4,8,10,16H2,(H,19,20)/b7-6+/t12-/m1/s1. The van der Waals surface area contributed by atoms with Crippen molar-refractivity contribution in [2.45, 2.75) is 12.8 Å². The van der Waals surface area contributed by atoms with Crippen LogP contribution in [0.15, 0.2) is 30.3 Å². The van der Waals surface area contributed by atoms with E-state index in [1.54, 1.807) is 23.1 Å². The third-order valence-corrected chi connectivity index (χ3v) is 3.41. The molecule has 1 aliphatic rings. The van der Waals surface area contributed by atoms with E-state index in [1.807, 2.05) is 12.1 Å². The van der Waals surface area contributed by atoms with Crippen LogP contribution in [0.25, 0.3) is 6.08 Å². The number of benzene rings is 1. The molecule has 1 aromatic carbocycles. The number of carboxylic acids is 1. The van der Waals surface area contributed by atoms with E-state index in [9.17, 15) is 9.59 Å². The van der Waals surface area contributed by atoms with Crippen LogP contribution in [-0.4, -0.2) is 35.0 Å². The predicted octanol–water partition coefficient (Wildman–Crippen LogP) is 1.61. The van der Waals surface area contributed by atoms with Crippen LogP contribution in [0.5, 0.6) is 0 Å². The van der Waals surface area contributed by atoms with Crippen LogP contribution in [0.4, 0.5) is 5.69 Å². The Bertz CT molecular complexity index is 540. The van der Waals surface area contributed by atoms with Crippen LogP contribution in [0.1, 0.15) is 18.4 Å². The number of carboxylic acid groups (broad SMARTS) is 1. The largest absolute Gasteiger partial charge is 0.481 e. The highest BCUT2D eigenvalue weighted by molar-refractivity contribution is 5.92. The minimum atomic E-state index is -0.831. The molecule has 1 fully saturated rings. The van der Waals surface area contributed by atoms with Crippen molar-refractivity contribution in [1.29, 1.82) is 0 Å². The minimum absolute atomic E-state index is 0.154. The van der Waals surface area contributed by atoms with Gasteiger partial charge in [0.05, 0.1) is 5.92 Å². The van der Waals surface area contributed by atoms with Gasteiger partial charge in [-0.25, -0.2) is 0 Å². The molecule has 1 atom stereocenters. The molecule has 3 N–H and O–H groups in total. The molecular formula is C15H18N2O3. The Morgan fingerprint density at radius 1 is 1.40 bits per heavy atom. The number of carbonyl (C=O) groups excluding carboxylic acids is 1. The molecule has 0 aliphatic carbocycles. The smallest absolute Gasteiger partial charge is 0.308 e. The Balaban J connectivity index is 1.99. The molecule has 1 heterocycles. The molecular weight excluding hydrogens is 256 g/mol. The molecule has 1 aliphatic heterocycles. The van der Waals surface area contributed by atoms with Crippen molar-refractivity contribution < 1.29 is 14.7 Å². The number of likely N-dealkylation sites (tertiary alicyclic amines) is 1. The highest BCUT2D eigenvalue weighted by Crippen LogP contribution is 2.17. The fourth-order valence-corrected chi connectivity index (χ4v) is 2.31. The number of nitrogens with two attached hydrogens (primary N) is 1. The van der Waals surface area contributed by atoms with Crippen LogP contribution >= 0.6 is 0 Å². The van der Waals surface area contributed by atoms with E-state index >= 15 is 0 Å². The lowest BCUT2D eigenvalue weighted by molar-refractivity contribution is -0.144. The summed E-state index contributed by atoms with van der Waals surface area (Å²) >= 11 is 0. The maximum absolute atomic E-state index is 12.0. The second kappa shape index (κ2) is 6.23. The molecule has 0 saturated carbocycles. The van der Waals surface area contributed by atoms with Crippen molar-refractivity contribution in [2.75, 3.05) is 18.8 Å². The number of rotatable bonds is 3. The summed E-state index contributed by atoms with van der Waals surface area (Å²) in [6, 6.07) is 7.23. The summed E-state index contributed by atoms with van der Waals surface area (Å²) in [5.41, 5.74) is 7.16. The van der Waals surface area contributed by atoms with E-state index < -0.39 is 11.9 Å². The summed E-state index contributed by atoms with van der Waals surface area (Å²) in [6.07, 6.45) is 4.54. The third kappa shape index (κ3) is 3.60. The van der Waals surface area contributed by atoms with Crippen LogP contribution in [-0.2, 0) is 9.59 Å². The Hall–Kier alpha value is -2.30. The van der Waals surface area contributed by atoms with Crippen molar-refractivity contribution in [1.82, 2.24) is 4.90 Å². The first-order chi connectivity index (χ1) is 9.56. The maximum Gasteiger partial charge on any atom is 0.308 e. The van der Waals surface area contributed by atoms with Crippen LogP contribution in [0.2, 0.25) is 0 Å². The Morgan fingerprint density at radius 2 is 2.20 bits per heavy atom. The number of hydrogen-bond acceptors (Lipinski definition) is 3. The zero-order chi connectivity index (χ0) is 14.5. The lowest BCUT2D eigenvalue weighted by Crippen LogP contribution is -2.41. The van der Waals surface area contributed by atoms with E-state index in [-0.39, 0.29) is 12.5 Å². The summed E-state index contributed by atoms with van der Waals surface area (Å²) in [7, 11) is 0. The van der Waals surface area contributed by atoms with Crippen molar-refractivity contribution in [3.05, 3.63) is 35.9 Å². The van der Waals surface area contributed by atoms with Crippen molar-refractivity contribution in [3.8, 4) is 0 Å². The van der Waals surface area contributed by atoms with Gasteiger partial charge in [0, 0.05) is 24.9 Å². The van der Waals surface area contributed by atoms with Crippen LogP contribution in [0.3, 0.4) is 0 Å². The Labute approximate surface area is 117 Å².